The Morgan fingerprint density at radius 3 is 2.53 bits per heavy atom. The monoisotopic (exact) mass is 259 g/mol. The lowest BCUT2D eigenvalue weighted by Gasteiger charge is -2.27. The smallest absolute Gasteiger partial charge is 0.123 e. The van der Waals surface area contributed by atoms with Crippen LogP contribution < -0.4 is 10.1 Å². The third-order valence-electron chi connectivity index (χ3n) is 4.63. The molecule has 0 aromatic heterocycles. The summed E-state index contributed by atoms with van der Waals surface area (Å²) in [6, 6.07) is 6.56. The Bertz CT molecular complexity index is 417. The quantitative estimate of drug-likeness (QED) is 0.892. The van der Waals surface area contributed by atoms with Crippen molar-refractivity contribution in [1.29, 1.82) is 0 Å². The van der Waals surface area contributed by atoms with Gasteiger partial charge in [0.05, 0.1) is 6.10 Å². The van der Waals surface area contributed by atoms with E-state index in [1.807, 2.05) is 0 Å². The van der Waals surface area contributed by atoms with Gasteiger partial charge in [-0.1, -0.05) is 12.1 Å². The van der Waals surface area contributed by atoms with Gasteiger partial charge in [0, 0.05) is 5.56 Å². The van der Waals surface area contributed by atoms with E-state index in [9.17, 15) is 0 Å². The predicted octanol–water partition coefficient (Wildman–Crippen LogP) is 3.78. The first-order valence-electron chi connectivity index (χ1n) is 7.81. The van der Waals surface area contributed by atoms with Crippen LogP contribution in [0.15, 0.2) is 18.2 Å². The van der Waals surface area contributed by atoms with Gasteiger partial charge in [0.1, 0.15) is 5.75 Å². The third-order valence-corrected chi connectivity index (χ3v) is 4.63. The number of aryl methyl sites for hydroxylation is 1. The molecule has 1 heterocycles. The first-order valence-corrected chi connectivity index (χ1v) is 7.81. The average Bonchev–Trinajstić information content (AvgIpc) is 2.93. The van der Waals surface area contributed by atoms with Gasteiger partial charge in [0.2, 0.25) is 0 Å². The van der Waals surface area contributed by atoms with Gasteiger partial charge in [-0.3, -0.25) is 0 Å². The maximum absolute atomic E-state index is 6.32. The second kappa shape index (κ2) is 5.96. The van der Waals surface area contributed by atoms with Gasteiger partial charge in [0.25, 0.3) is 0 Å². The van der Waals surface area contributed by atoms with Crippen LogP contribution in [0.5, 0.6) is 5.75 Å². The SMILES string of the molecule is Cc1cccc(OC2CCCC2)c1C1CCNCC1. The van der Waals surface area contributed by atoms with Gasteiger partial charge in [-0.15, -0.1) is 0 Å². The molecule has 3 rings (SSSR count). The van der Waals surface area contributed by atoms with Crippen LogP contribution in [0.25, 0.3) is 0 Å². The minimum atomic E-state index is 0.460. The summed E-state index contributed by atoms with van der Waals surface area (Å²) in [7, 11) is 0. The number of hydrogen-bond acceptors (Lipinski definition) is 2. The largest absolute Gasteiger partial charge is 0.490 e. The van der Waals surface area contributed by atoms with Gasteiger partial charge in [0.15, 0.2) is 0 Å². The van der Waals surface area contributed by atoms with E-state index in [1.54, 1.807) is 0 Å². The number of ether oxygens (including phenoxy) is 1. The Morgan fingerprint density at radius 1 is 1.05 bits per heavy atom. The van der Waals surface area contributed by atoms with E-state index >= 15 is 0 Å². The van der Waals surface area contributed by atoms with Gasteiger partial charge >= 0.3 is 0 Å². The lowest BCUT2D eigenvalue weighted by atomic mass is 9.87. The molecule has 0 unspecified atom stereocenters. The van der Waals surface area contributed by atoms with Crippen molar-refractivity contribution < 1.29 is 4.74 Å². The zero-order valence-corrected chi connectivity index (χ0v) is 12.0. The fourth-order valence-electron chi connectivity index (χ4n) is 3.58. The molecule has 1 saturated carbocycles. The summed E-state index contributed by atoms with van der Waals surface area (Å²) in [4.78, 5) is 0. The standard InChI is InChI=1S/C17H25NO/c1-13-5-4-8-16(19-15-6-2-3-7-15)17(13)14-9-11-18-12-10-14/h4-5,8,14-15,18H,2-3,6-7,9-12H2,1H3. The number of hydrogen-bond donors (Lipinski definition) is 1. The van der Waals surface area contributed by atoms with Gasteiger partial charge in [-0.25, -0.2) is 0 Å². The second-order valence-corrected chi connectivity index (χ2v) is 6.04. The second-order valence-electron chi connectivity index (χ2n) is 6.04. The highest BCUT2D eigenvalue weighted by Crippen LogP contribution is 2.37. The third kappa shape index (κ3) is 2.94. The highest BCUT2D eigenvalue weighted by Gasteiger charge is 2.23. The van der Waals surface area contributed by atoms with Crippen LogP contribution in [0.1, 0.15) is 55.6 Å². The van der Waals surface area contributed by atoms with Crippen LogP contribution in [-0.2, 0) is 0 Å². The van der Waals surface area contributed by atoms with Gasteiger partial charge < -0.3 is 10.1 Å². The molecule has 0 atom stereocenters. The van der Waals surface area contributed by atoms with Crippen molar-refractivity contribution in [2.75, 3.05) is 13.1 Å². The summed E-state index contributed by atoms with van der Waals surface area (Å²) in [5, 5.41) is 3.46. The molecular weight excluding hydrogens is 234 g/mol. The van der Waals surface area contributed by atoms with Crippen molar-refractivity contribution in [2.24, 2.45) is 0 Å². The van der Waals surface area contributed by atoms with Crippen LogP contribution >= 0.6 is 0 Å². The van der Waals surface area contributed by atoms with Gasteiger partial charge in [-0.05, 0) is 76.1 Å². The van der Waals surface area contributed by atoms with Crippen LogP contribution in [0, 0.1) is 6.92 Å². The molecule has 2 fully saturated rings. The molecule has 1 saturated heterocycles. The van der Waals surface area contributed by atoms with Crippen LogP contribution in [0.2, 0.25) is 0 Å². The number of benzene rings is 1. The van der Waals surface area contributed by atoms with E-state index in [1.165, 1.54) is 55.4 Å². The topological polar surface area (TPSA) is 21.3 Å². The molecule has 0 spiro atoms. The lowest BCUT2D eigenvalue weighted by Crippen LogP contribution is -2.27. The molecule has 1 aromatic rings. The fourth-order valence-corrected chi connectivity index (χ4v) is 3.58. The molecule has 104 valence electrons. The van der Waals surface area contributed by atoms with Crippen molar-refractivity contribution >= 4 is 0 Å². The van der Waals surface area contributed by atoms with Crippen molar-refractivity contribution in [3.8, 4) is 5.75 Å². The maximum atomic E-state index is 6.32. The van der Waals surface area contributed by atoms with E-state index in [0.29, 0.717) is 12.0 Å². The normalized spacial score (nSPS) is 21.7. The highest BCUT2D eigenvalue weighted by atomic mass is 16.5. The number of rotatable bonds is 3. The molecule has 1 aliphatic heterocycles. The van der Waals surface area contributed by atoms with Gasteiger partial charge in [-0.2, -0.15) is 0 Å². The van der Waals surface area contributed by atoms with Crippen molar-refractivity contribution in [2.45, 2.75) is 57.5 Å². The highest BCUT2D eigenvalue weighted by molar-refractivity contribution is 5.42. The van der Waals surface area contributed by atoms with Crippen molar-refractivity contribution in [3.63, 3.8) is 0 Å². The van der Waals surface area contributed by atoms with E-state index in [0.717, 1.165) is 13.1 Å². The molecule has 0 bridgehead atoms. The zero-order valence-electron chi connectivity index (χ0n) is 12.0. The summed E-state index contributed by atoms with van der Waals surface area (Å²) >= 11 is 0. The Kier molecular flexibility index (Phi) is 4.07. The molecule has 2 nitrogen and oxygen atoms in total. The molecule has 0 amide bonds. The van der Waals surface area contributed by atoms with Crippen molar-refractivity contribution in [3.05, 3.63) is 29.3 Å². The van der Waals surface area contributed by atoms with E-state index in [-0.39, 0.29) is 0 Å². The molecule has 1 aliphatic carbocycles. The fraction of sp³-hybridized carbons (Fsp3) is 0.647. The summed E-state index contributed by atoms with van der Waals surface area (Å²) in [5.41, 5.74) is 2.89. The first-order chi connectivity index (χ1) is 9.34. The summed E-state index contributed by atoms with van der Waals surface area (Å²) in [6.45, 7) is 4.52. The molecule has 2 aliphatic rings. The Balaban J connectivity index is 1.83. The minimum absolute atomic E-state index is 0.460. The maximum Gasteiger partial charge on any atom is 0.123 e. The lowest BCUT2D eigenvalue weighted by molar-refractivity contribution is 0.205. The van der Waals surface area contributed by atoms with Crippen LogP contribution in [0.4, 0.5) is 0 Å². The Hall–Kier alpha value is -1.02. The predicted molar refractivity (Wildman–Crippen MR) is 78.9 cm³/mol. The van der Waals surface area contributed by atoms with E-state index in [2.05, 4.69) is 30.4 Å². The van der Waals surface area contributed by atoms with E-state index < -0.39 is 0 Å². The summed E-state index contributed by atoms with van der Waals surface area (Å²) in [6.07, 6.45) is 8.08. The van der Waals surface area contributed by atoms with E-state index in [4.69, 9.17) is 4.74 Å². The van der Waals surface area contributed by atoms with Crippen LogP contribution in [-0.4, -0.2) is 19.2 Å². The molecule has 2 heteroatoms. The molecule has 19 heavy (non-hydrogen) atoms. The number of nitrogens with one attached hydrogen (secondary N) is 1. The first kappa shape index (κ1) is 13.0. The number of piperidine rings is 1. The molecule has 1 N–H and O–H groups in total. The molecule has 1 aromatic carbocycles. The zero-order chi connectivity index (χ0) is 13.1. The molecule has 0 radical (unpaired) electrons. The molecular formula is C17H25NO. The van der Waals surface area contributed by atoms with Crippen LogP contribution in [0.3, 0.4) is 0 Å². The minimum Gasteiger partial charge on any atom is -0.490 e. The summed E-state index contributed by atoms with van der Waals surface area (Å²) in [5.74, 6) is 1.85. The van der Waals surface area contributed by atoms with Crippen molar-refractivity contribution in [1.82, 2.24) is 5.32 Å². The average molecular weight is 259 g/mol. The Morgan fingerprint density at radius 2 is 1.79 bits per heavy atom. The summed E-state index contributed by atoms with van der Waals surface area (Å²) < 4.78 is 6.32. The Labute approximate surface area is 116 Å².